The molecule has 0 saturated carbocycles. The second-order valence-corrected chi connectivity index (χ2v) is 3.81. The van der Waals surface area contributed by atoms with E-state index in [4.69, 9.17) is 0 Å². The van der Waals surface area contributed by atoms with Crippen molar-refractivity contribution in [2.75, 3.05) is 0 Å². The summed E-state index contributed by atoms with van der Waals surface area (Å²) < 4.78 is 0. The molecule has 2 N–H and O–H groups in total. The fraction of sp³-hybridized carbons (Fsp3) is 0.545. The Hall–Kier alpha value is -1.65. The highest BCUT2D eigenvalue weighted by atomic mass is 16.2. The van der Waals surface area contributed by atoms with Gasteiger partial charge in [-0.1, -0.05) is 31.9 Å². The van der Waals surface area contributed by atoms with Gasteiger partial charge >= 0.3 is 6.03 Å². The summed E-state index contributed by atoms with van der Waals surface area (Å²) in [6, 6.07) is -0.744. The first kappa shape index (κ1) is 12.4. The fourth-order valence-electron chi connectivity index (χ4n) is 1.77. The van der Waals surface area contributed by atoms with E-state index in [1.54, 1.807) is 19.1 Å². The third-order valence-corrected chi connectivity index (χ3v) is 2.64. The highest BCUT2D eigenvalue weighted by Gasteiger charge is 2.47. The van der Waals surface area contributed by atoms with Crippen molar-refractivity contribution >= 4 is 17.8 Å². The Morgan fingerprint density at radius 1 is 1.19 bits per heavy atom. The molecular weight excluding hydrogens is 208 g/mol. The summed E-state index contributed by atoms with van der Waals surface area (Å²) >= 11 is 0. The van der Waals surface area contributed by atoms with Crippen LogP contribution in [0.2, 0.25) is 0 Å². The zero-order valence-electron chi connectivity index (χ0n) is 9.50. The Morgan fingerprint density at radius 3 is 2.19 bits per heavy atom. The molecule has 0 spiro atoms. The quantitative estimate of drug-likeness (QED) is 0.554. The largest absolute Gasteiger partial charge is 0.328 e. The summed E-state index contributed by atoms with van der Waals surface area (Å²) in [5.41, 5.74) is -1.22. The Balaban J connectivity index is 3.01. The molecule has 1 saturated heterocycles. The SMILES string of the molecule is C/C=C\C1(CCCC)C(=O)NC(=O)NC1=O. The average molecular weight is 224 g/mol. The Bertz CT molecular complexity index is 327. The van der Waals surface area contributed by atoms with Gasteiger partial charge in [-0.05, 0) is 13.3 Å². The molecule has 5 heteroatoms. The van der Waals surface area contributed by atoms with Gasteiger partial charge in [0.25, 0.3) is 0 Å². The van der Waals surface area contributed by atoms with Crippen molar-refractivity contribution in [2.24, 2.45) is 5.41 Å². The Labute approximate surface area is 94.3 Å². The van der Waals surface area contributed by atoms with E-state index in [2.05, 4.69) is 10.6 Å². The molecule has 0 unspecified atom stereocenters. The van der Waals surface area contributed by atoms with Crippen LogP contribution in [-0.2, 0) is 9.59 Å². The van der Waals surface area contributed by atoms with Crippen LogP contribution in [0.3, 0.4) is 0 Å². The lowest BCUT2D eigenvalue weighted by Gasteiger charge is -2.31. The molecule has 4 amide bonds. The molecule has 0 atom stereocenters. The van der Waals surface area contributed by atoms with E-state index in [1.165, 1.54) is 0 Å². The normalized spacial score (nSPS) is 19.8. The molecule has 1 fully saturated rings. The number of allylic oxidation sites excluding steroid dienone is 1. The average Bonchev–Trinajstić information content (AvgIpc) is 2.22. The van der Waals surface area contributed by atoms with Crippen molar-refractivity contribution < 1.29 is 14.4 Å². The maximum atomic E-state index is 11.8. The lowest BCUT2D eigenvalue weighted by atomic mass is 9.79. The van der Waals surface area contributed by atoms with E-state index in [0.717, 1.165) is 12.8 Å². The van der Waals surface area contributed by atoms with Crippen molar-refractivity contribution in [2.45, 2.75) is 33.1 Å². The number of hydrogen-bond acceptors (Lipinski definition) is 3. The molecule has 16 heavy (non-hydrogen) atoms. The number of carbonyl (C=O) groups excluding carboxylic acids is 3. The van der Waals surface area contributed by atoms with Crippen LogP contribution in [0.25, 0.3) is 0 Å². The lowest BCUT2D eigenvalue weighted by Crippen LogP contribution is -2.61. The van der Waals surface area contributed by atoms with Crippen LogP contribution in [0.1, 0.15) is 33.1 Å². The summed E-state index contributed by atoms with van der Waals surface area (Å²) in [5.74, 6) is -1.07. The third kappa shape index (κ3) is 2.13. The number of barbiturate groups is 1. The van der Waals surface area contributed by atoms with Crippen molar-refractivity contribution in [1.82, 2.24) is 10.6 Å². The van der Waals surface area contributed by atoms with Gasteiger partial charge in [0.2, 0.25) is 11.8 Å². The molecule has 5 nitrogen and oxygen atoms in total. The minimum absolute atomic E-state index is 0.415. The highest BCUT2D eigenvalue weighted by molar-refractivity contribution is 6.20. The van der Waals surface area contributed by atoms with Gasteiger partial charge in [-0.3, -0.25) is 20.2 Å². The number of urea groups is 1. The van der Waals surface area contributed by atoms with E-state index in [1.807, 2.05) is 6.92 Å². The van der Waals surface area contributed by atoms with Crippen LogP contribution in [0.4, 0.5) is 4.79 Å². The van der Waals surface area contributed by atoms with Crippen LogP contribution in [0, 0.1) is 5.41 Å². The predicted octanol–water partition coefficient (Wildman–Crippen LogP) is 1.11. The number of nitrogens with one attached hydrogen (secondary N) is 2. The van der Waals surface area contributed by atoms with Crippen LogP contribution in [0.5, 0.6) is 0 Å². The smallest absolute Gasteiger partial charge is 0.277 e. The van der Waals surface area contributed by atoms with Gasteiger partial charge in [-0.25, -0.2) is 4.79 Å². The molecule has 88 valence electrons. The van der Waals surface area contributed by atoms with E-state index < -0.39 is 23.3 Å². The number of unbranched alkanes of at least 4 members (excludes halogenated alkanes) is 1. The van der Waals surface area contributed by atoms with Gasteiger partial charge in [-0.15, -0.1) is 0 Å². The third-order valence-electron chi connectivity index (χ3n) is 2.64. The van der Waals surface area contributed by atoms with E-state index in [9.17, 15) is 14.4 Å². The predicted molar refractivity (Wildman–Crippen MR) is 58.5 cm³/mol. The summed E-state index contributed by atoms with van der Waals surface area (Å²) in [5, 5.41) is 4.27. The van der Waals surface area contributed by atoms with Crippen molar-refractivity contribution in [3.05, 3.63) is 12.2 Å². The van der Waals surface area contributed by atoms with Gasteiger partial charge in [-0.2, -0.15) is 0 Å². The van der Waals surface area contributed by atoms with E-state index >= 15 is 0 Å². The summed E-state index contributed by atoms with van der Waals surface area (Å²) in [7, 11) is 0. The number of hydrogen-bond donors (Lipinski definition) is 2. The summed E-state index contributed by atoms with van der Waals surface area (Å²) in [4.78, 5) is 34.5. The molecule has 0 aromatic carbocycles. The van der Waals surface area contributed by atoms with Crippen molar-refractivity contribution in [3.63, 3.8) is 0 Å². The molecule has 1 rings (SSSR count). The Kier molecular flexibility index (Phi) is 3.82. The highest BCUT2D eigenvalue weighted by Crippen LogP contribution is 2.29. The van der Waals surface area contributed by atoms with Crippen LogP contribution in [0.15, 0.2) is 12.2 Å². The van der Waals surface area contributed by atoms with Crippen LogP contribution >= 0.6 is 0 Å². The maximum absolute atomic E-state index is 11.8. The fourth-order valence-corrected chi connectivity index (χ4v) is 1.77. The monoisotopic (exact) mass is 224 g/mol. The first-order chi connectivity index (χ1) is 7.56. The zero-order valence-corrected chi connectivity index (χ0v) is 9.50. The number of carbonyl (C=O) groups is 3. The molecule has 1 aliphatic heterocycles. The van der Waals surface area contributed by atoms with E-state index in [0.29, 0.717) is 6.42 Å². The lowest BCUT2D eigenvalue weighted by molar-refractivity contribution is -0.141. The van der Waals surface area contributed by atoms with Gasteiger partial charge in [0.05, 0.1) is 0 Å². The minimum Gasteiger partial charge on any atom is -0.277 e. The van der Waals surface area contributed by atoms with Gasteiger partial charge in [0.1, 0.15) is 5.41 Å². The first-order valence-electron chi connectivity index (χ1n) is 5.37. The molecule has 0 aliphatic carbocycles. The zero-order chi connectivity index (χ0) is 12.2. The van der Waals surface area contributed by atoms with Gasteiger partial charge < -0.3 is 0 Å². The second-order valence-electron chi connectivity index (χ2n) is 3.81. The number of rotatable bonds is 4. The standard InChI is InChI=1S/C11H16N2O3/c1-3-5-7-11(6-4-2)8(14)12-10(16)13-9(11)15/h4,6H,3,5,7H2,1-2H3,(H2,12,13,14,15,16)/b6-4-. The first-order valence-corrected chi connectivity index (χ1v) is 5.37. The van der Waals surface area contributed by atoms with E-state index in [-0.39, 0.29) is 0 Å². The molecular formula is C11H16N2O3. The summed E-state index contributed by atoms with van der Waals surface area (Å²) in [6.07, 6.45) is 5.26. The molecule has 0 bridgehead atoms. The second kappa shape index (κ2) is 4.92. The summed E-state index contributed by atoms with van der Waals surface area (Å²) in [6.45, 7) is 3.72. The molecule has 0 aromatic heterocycles. The van der Waals surface area contributed by atoms with Crippen molar-refractivity contribution in [3.8, 4) is 0 Å². The number of imide groups is 2. The van der Waals surface area contributed by atoms with Gasteiger partial charge in [0, 0.05) is 0 Å². The molecule has 1 heterocycles. The number of amides is 4. The van der Waals surface area contributed by atoms with Crippen LogP contribution < -0.4 is 10.6 Å². The molecule has 1 aliphatic rings. The molecule has 0 radical (unpaired) electrons. The minimum atomic E-state index is -1.22. The Morgan fingerprint density at radius 2 is 1.75 bits per heavy atom. The van der Waals surface area contributed by atoms with Crippen LogP contribution in [-0.4, -0.2) is 17.8 Å². The molecule has 0 aromatic rings. The maximum Gasteiger partial charge on any atom is 0.328 e. The van der Waals surface area contributed by atoms with Gasteiger partial charge in [0.15, 0.2) is 0 Å². The van der Waals surface area contributed by atoms with Crippen molar-refractivity contribution in [1.29, 1.82) is 0 Å². The topological polar surface area (TPSA) is 75.3 Å².